The number of rotatable bonds is 7. The third kappa shape index (κ3) is 5.52. The second-order valence-electron chi connectivity index (χ2n) is 10.1. The Morgan fingerprint density at radius 2 is 1.90 bits per heavy atom. The molecule has 0 radical (unpaired) electrons. The Kier molecular flexibility index (Phi) is 7.15. The highest BCUT2D eigenvalue weighted by Crippen LogP contribution is 2.53. The molecule has 5 rings (SSSR count). The van der Waals surface area contributed by atoms with Gasteiger partial charge in [0.25, 0.3) is 5.91 Å². The maximum absolute atomic E-state index is 13.4. The van der Waals surface area contributed by atoms with E-state index in [1.54, 1.807) is 24.7 Å². The Labute approximate surface area is 229 Å². The lowest BCUT2D eigenvalue weighted by atomic mass is 9.92. The smallest absolute Gasteiger partial charge is 0.420 e. The molecule has 2 amide bonds. The number of hydrogen-bond donors (Lipinski definition) is 2. The lowest BCUT2D eigenvalue weighted by Crippen LogP contribution is -2.50. The molecule has 1 aromatic heterocycles. The molecule has 1 aliphatic heterocycles. The number of aromatic nitrogens is 2. The lowest BCUT2D eigenvalue weighted by Gasteiger charge is -2.36. The molecule has 2 unspecified atom stereocenters. The number of carbonyl (C=O) groups excluding carboxylic acids is 2. The molecule has 1 aliphatic carbocycles. The summed E-state index contributed by atoms with van der Waals surface area (Å²) in [6.45, 7) is 5.76. The first-order valence-corrected chi connectivity index (χ1v) is 13.1. The molecular formula is C28H28ClF2N5O3. The third-order valence-corrected chi connectivity index (χ3v) is 7.20. The second-order valence-corrected chi connectivity index (χ2v) is 10.5. The number of nitrogens with zero attached hydrogens (tertiary/aromatic N) is 3. The van der Waals surface area contributed by atoms with Gasteiger partial charge in [0.1, 0.15) is 5.75 Å². The van der Waals surface area contributed by atoms with E-state index in [4.69, 9.17) is 11.6 Å². The molecule has 0 spiro atoms. The SMILES string of the molecule is CC(=O)N[C@@H]1CCC2c3cc(C(=O)Nc4ccc(OC(F)(F)Cl)cc4)cc(-c4cnccn4)c3N(C(C)C)C21. The van der Waals surface area contributed by atoms with Gasteiger partial charge in [-0.2, -0.15) is 0 Å². The van der Waals surface area contributed by atoms with Crippen LogP contribution >= 0.6 is 11.6 Å². The van der Waals surface area contributed by atoms with Crippen LogP contribution in [-0.4, -0.2) is 45.5 Å². The summed E-state index contributed by atoms with van der Waals surface area (Å²) in [6.07, 6.45) is 6.57. The predicted octanol–water partition coefficient (Wildman–Crippen LogP) is 5.54. The highest BCUT2D eigenvalue weighted by Gasteiger charge is 2.49. The third-order valence-electron chi connectivity index (χ3n) is 7.12. The first-order valence-electron chi connectivity index (χ1n) is 12.7. The predicted molar refractivity (Wildman–Crippen MR) is 144 cm³/mol. The second kappa shape index (κ2) is 10.4. The largest absolute Gasteiger partial charge is 0.487 e. The molecule has 2 heterocycles. The van der Waals surface area contributed by atoms with Crippen molar-refractivity contribution in [3.63, 3.8) is 0 Å². The number of fused-ring (bicyclic) bond motifs is 3. The Balaban J connectivity index is 1.53. The molecule has 2 aromatic carbocycles. The van der Waals surface area contributed by atoms with Crippen LogP contribution in [0.15, 0.2) is 55.0 Å². The highest BCUT2D eigenvalue weighted by atomic mass is 35.5. The van der Waals surface area contributed by atoms with Gasteiger partial charge in [0.2, 0.25) is 5.91 Å². The number of benzene rings is 2. The van der Waals surface area contributed by atoms with E-state index in [-0.39, 0.29) is 41.6 Å². The number of hydrogen-bond acceptors (Lipinski definition) is 6. The summed E-state index contributed by atoms with van der Waals surface area (Å²) in [5.41, 5.74) is 0.442. The number of alkyl halides is 3. The monoisotopic (exact) mass is 555 g/mol. The quantitative estimate of drug-likeness (QED) is 0.371. The molecule has 3 aromatic rings. The first-order chi connectivity index (χ1) is 18.5. The molecule has 2 aliphatic rings. The van der Waals surface area contributed by atoms with E-state index in [1.807, 2.05) is 6.07 Å². The van der Waals surface area contributed by atoms with Crippen LogP contribution in [-0.2, 0) is 4.79 Å². The molecule has 1 fully saturated rings. The van der Waals surface area contributed by atoms with Gasteiger partial charge in [-0.3, -0.25) is 19.6 Å². The standard InChI is InChI=1S/C28H28ClF2N5O3/c1-15(2)36-25-21(20-8-9-23(26(20)36)34-16(3)37)12-17(13-22(25)24-14-32-10-11-33-24)27(38)35-18-4-6-19(7-5-18)39-28(29,30)31/h4-7,10-15,20,23,26H,8-9H2,1-3H3,(H,34,37)(H,35,38)/t20?,23-,26?/m1/s1. The summed E-state index contributed by atoms with van der Waals surface area (Å²) in [5, 5.41) is 5.95. The van der Waals surface area contributed by atoms with E-state index in [0.717, 1.165) is 29.7 Å². The van der Waals surface area contributed by atoms with Gasteiger partial charge in [-0.1, -0.05) is 0 Å². The summed E-state index contributed by atoms with van der Waals surface area (Å²) in [4.78, 5) is 36.5. The molecule has 11 heteroatoms. The van der Waals surface area contributed by atoms with E-state index in [9.17, 15) is 18.4 Å². The van der Waals surface area contributed by atoms with Gasteiger partial charge in [-0.05, 0) is 68.7 Å². The number of ether oxygens (including phenoxy) is 1. The van der Waals surface area contributed by atoms with Crippen molar-refractivity contribution in [3.8, 4) is 17.0 Å². The van der Waals surface area contributed by atoms with Crippen LogP contribution < -0.4 is 20.3 Å². The van der Waals surface area contributed by atoms with Crippen molar-refractivity contribution in [3.05, 3.63) is 66.1 Å². The van der Waals surface area contributed by atoms with Crippen molar-refractivity contribution in [1.82, 2.24) is 15.3 Å². The zero-order chi connectivity index (χ0) is 27.9. The number of nitrogens with one attached hydrogen (secondary N) is 2. The Morgan fingerprint density at radius 3 is 2.51 bits per heavy atom. The van der Waals surface area contributed by atoms with Crippen LogP contribution in [0.2, 0.25) is 0 Å². The van der Waals surface area contributed by atoms with Crippen molar-refractivity contribution in [1.29, 1.82) is 0 Å². The van der Waals surface area contributed by atoms with Gasteiger partial charge < -0.3 is 20.3 Å². The molecule has 2 N–H and O–H groups in total. The maximum Gasteiger partial charge on any atom is 0.487 e. The van der Waals surface area contributed by atoms with Gasteiger partial charge in [0, 0.05) is 65.7 Å². The molecular weight excluding hydrogens is 528 g/mol. The molecule has 3 atom stereocenters. The number of anilines is 2. The minimum absolute atomic E-state index is 0.0182. The van der Waals surface area contributed by atoms with Crippen molar-refractivity contribution in [2.75, 3.05) is 10.2 Å². The van der Waals surface area contributed by atoms with E-state index in [1.165, 1.54) is 31.2 Å². The van der Waals surface area contributed by atoms with Gasteiger partial charge in [-0.15, -0.1) is 8.78 Å². The molecule has 8 nitrogen and oxygen atoms in total. The fraction of sp³-hybridized carbons (Fsp3) is 0.357. The first kappa shape index (κ1) is 26.8. The van der Waals surface area contributed by atoms with E-state index < -0.39 is 5.57 Å². The minimum Gasteiger partial charge on any atom is -0.420 e. The lowest BCUT2D eigenvalue weighted by molar-refractivity contribution is -0.119. The van der Waals surface area contributed by atoms with Gasteiger partial charge in [0.05, 0.1) is 23.6 Å². The highest BCUT2D eigenvalue weighted by molar-refractivity contribution is 6.20. The van der Waals surface area contributed by atoms with E-state index in [0.29, 0.717) is 16.9 Å². The zero-order valence-corrected chi connectivity index (χ0v) is 22.4. The van der Waals surface area contributed by atoms with Crippen LogP contribution in [0.3, 0.4) is 0 Å². The van der Waals surface area contributed by atoms with Crippen LogP contribution in [0.25, 0.3) is 11.3 Å². The Bertz CT molecular complexity index is 1380. The summed E-state index contributed by atoms with van der Waals surface area (Å²) < 4.78 is 30.2. The summed E-state index contributed by atoms with van der Waals surface area (Å²) in [5.74, 6) is -0.447. The Hall–Kier alpha value is -3.79. The summed E-state index contributed by atoms with van der Waals surface area (Å²) in [7, 11) is 0. The fourth-order valence-electron chi connectivity index (χ4n) is 5.81. The summed E-state index contributed by atoms with van der Waals surface area (Å²) >= 11 is 4.83. The number of carbonyl (C=O) groups is 2. The zero-order valence-electron chi connectivity index (χ0n) is 21.6. The topological polar surface area (TPSA) is 96.5 Å². The minimum atomic E-state index is -3.83. The van der Waals surface area contributed by atoms with Crippen LogP contribution in [0.1, 0.15) is 55.5 Å². The average Bonchev–Trinajstić information content (AvgIpc) is 3.42. The van der Waals surface area contributed by atoms with Gasteiger partial charge >= 0.3 is 5.57 Å². The normalized spacial score (nSPS) is 20.0. The van der Waals surface area contributed by atoms with Crippen LogP contribution in [0.4, 0.5) is 20.2 Å². The fourth-order valence-corrected chi connectivity index (χ4v) is 5.90. The molecule has 1 saturated carbocycles. The molecule has 39 heavy (non-hydrogen) atoms. The van der Waals surface area contributed by atoms with Crippen molar-refractivity contribution >= 4 is 34.8 Å². The maximum atomic E-state index is 13.4. The van der Waals surface area contributed by atoms with Crippen molar-refractivity contribution in [2.45, 2.75) is 63.2 Å². The van der Waals surface area contributed by atoms with E-state index >= 15 is 0 Å². The Morgan fingerprint density at radius 1 is 1.15 bits per heavy atom. The molecule has 204 valence electrons. The average molecular weight is 556 g/mol. The van der Waals surface area contributed by atoms with Crippen molar-refractivity contribution in [2.24, 2.45) is 0 Å². The summed E-state index contributed by atoms with van der Waals surface area (Å²) in [6, 6.07) is 9.37. The number of amides is 2. The van der Waals surface area contributed by atoms with Gasteiger partial charge in [0.15, 0.2) is 0 Å². The van der Waals surface area contributed by atoms with Crippen LogP contribution in [0.5, 0.6) is 5.75 Å². The molecule has 0 bridgehead atoms. The van der Waals surface area contributed by atoms with Crippen molar-refractivity contribution < 1.29 is 23.1 Å². The number of halogens is 3. The van der Waals surface area contributed by atoms with Gasteiger partial charge in [-0.25, -0.2) is 0 Å². The van der Waals surface area contributed by atoms with E-state index in [2.05, 4.69) is 44.1 Å². The molecule has 0 saturated heterocycles. The van der Waals surface area contributed by atoms with Crippen LogP contribution in [0, 0.1) is 0 Å².